The lowest BCUT2D eigenvalue weighted by Gasteiger charge is -2.19. The number of likely N-dealkylation sites (N-methyl/N-ethyl adjacent to an activating group) is 1. The number of nitrogens with one attached hydrogen (secondary N) is 1. The van der Waals surface area contributed by atoms with Gasteiger partial charge < -0.3 is 19.7 Å². The number of methoxy groups -OCH3 is 1. The fourth-order valence-corrected chi connectivity index (χ4v) is 1.51. The number of rotatable bonds is 9. The SMILES string of the molecule is COCCNCCN(C)c1cc(OC(C)C)ncn1. The lowest BCUT2D eigenvalue weighted by atomic mass is 10.4. The second-order valence-corrected chi connectivity index (χ2v) is 4.55. The van der Waals surface area contributed by atoms with Crippen molar-refractivity contribution in [2.75, 3.05) is 45.3 Å². The van der Waals surface area contributed by atoms with E-state index < -0.39 is 0 Å². The van der Waals surface area contributed by atoms with Crippen molar-refractivity contribution in [1.29, 1.82) is 0 Å². The number of anilines is 1. The van der Waals surface area contributed by atoms with Crippen LogP contribution in [0.25, 0.3) is 0 Å². The van der Waals surface area contributed by atoms with Gasteiger partial charge in [-0.1, -0.05) is 0 Å². The molecule has 1 N–H and O–H groups in total. The predicted octanol–water partition coefficient (Wildman–Crippen LogP) is 0.936. The van der Waals surface area contributed by atoms with Gasteiger partial charge in [-0.3, -0.25) is 0 Å². The lowest BCUT2D eigenvalue weighted by Crippen LogP contribution is -2.31. The van der Waals surface area contributed by atoms with Crippen molar-refractivity contribution in [3.63, 3.8) is 0 Å². The Labute approximate surface area is 115 Å². The molecule has 1 aromatic heterocycles. The van der Waals surface area contributed by atoms with E-state index in [4.69, 9.17) is 9.47 Å². The second kappa shape index (κ2) is 8.66. The summed E-state index contributed by atoms with van der Waals surface area (Å²) in [5.74, 6) is 1.47. The van der Waals surface area contributed by atoms with Gasteiger partial charge in [0.05, 0.1) is 12.7 Å². The molecule has 0 amide bonds. The van der Waals surface area contributed by atoms with Gasteiger partial charge in [0.25, 0.3) is 0 Å². The lowest BCUT2D eigenvalue weighted by molar-refractivity contribution is 0.200. The first-order chi connectivity index (χ1) is 9.13. The van der Waals surface area contributed by atoms with Crippen molar-refractivity contribution in [2.45, 2.75) is 20.0 Å². The topological polar surface area (TPSA) is 59.5 Å². The maximum absolute atomic E-state index is 5.55. The van der Waals surface area contributed by atoms with E-state index in [1.807, 2.05) is 27.0 Å². The summed E-state index contributed by atoms with van der Waals surface area (Å²) in [6.07, 6.45) is 1.64. The molecule has 0 radical (unpaired) electrons. The summed E-state index contributed by atoms with van der Waals surface area (Å²) in [5, 5.41) is 3.29. The first-order valence-electron chi connectivity index (χ1n) is 6.53. The summed E-state index contributed by atoms with van der Waals surface area (Å²) in [5.41, 5.74) is 0. The summed E-state index contributed by atoms with van der Waals surface area (Å²) in [6, 6.07) is 1.86. The van der Waals surface area contributed by atoms with Crippen molar-refractivity contribution >= 4 is 5.82 Å². The van der Waals surface area contributed by atoms with Crippen molar-refractivity contribution in [1.82, 2.24) is 15.3 Å². The van der Waals surface area contributed by atoms with Gasteiger partial charge in [0.2, 0.25) is 5.88 Å². The standard InChI is InChI=1S/C13H24N4O2/c1-11(2)19-13-9-12(15-10-16-13)17(3)7-5-14-6-8-18-4/h9-11,14H,5-8H2,1-4H3. The molecule has 0 unspecified atom stereocenters. The highest BCUT2D eigenvalue weighted by Crippen LogP contribution is 2.15. The molecule has 0 atom stereocenters. The van der Waals surface area contributed by atoms with E-state index in [0.29, 0.717) is 5.88 Å². The van der Waals surface area contributed by atoms with Crippen LogP contribution >= 0.6 is 0 Å². The van der Waals surface area contributed by atoms with Gasteiger partial charge in [-0.2, -0.15) is 0 Å². The van der Waals surface area contributed by atoms with Crippen LogP contribution in [0.4, 0.5) is 5.82 Å². The molecule has 0 aromatic carbocycles. The predicted molar refractivity (Wildman–Crippen MR) is 75.8 cm³/mol. The zero-order chi connectivity index (χ0) is 14.1. The highest BCUT2D eigenvalue weighted by Gasteiger charge is 2.06. The van der Waals surface area contributed by atoms with Crippen molar-refractivity contribution in [3.05, 3.63) is 12.4 Å². The monoisotopic (exact) mass is 268 g/mol. The van der Waals surface area contributed by atoms with Crippen LogP contribution in [-0.2, 0) is 4.74 Å². The van der Waals surface area contributed by atoms with Gasteiger partial charge in [-0.05, 0) is 13.8 Å². The van der Waals surface area contributed by atoms with Crippen LogP contribution in [-0.4, -0.2) is 56.5 Å². The quantitative estimate of drug-likeness (QED) is 0.673. The Hall–Kier alpha value is -1.40. The van der Waals surface area contributed by atoms with E-state index in [1.165, 1.54) is 6.33 Å². The average Bonchev–Trinajstić information content (AvgIpc) is 2.38. The molecule has 0 aliphatic carbocycles. The molecule has 0 spiro atoms. The van der Waals surface area contributed by atoms with Gasteiger partial charge in [-0.25, -0.2) is 9.97 Å². The molecule has 1 heterocycles. The minimum Gasteiger partial charge on any atom is -0.475 e. The Morgan fingerprint density at radius 3 is 2.79 bits per heavy atom. The summed E-state index contributed by atoms with van der Waals surface area (Å²) >= 11 is 0. The Kier molecular flexibility index (Phi) is 7.14. The smallest absolute Gasteiger partial charge is 0.218 e. The third-order valence-corrected chi connectivity index (χ3v) is 2.48. The van der Waals surface area contributed by atoms with Gasteiger partial charge in [0, 0.05) is 39.9 Å². The van der Waals surface area contributed by atoms with Crippen LogP contribution in [0.3, 0.4) is 0 Å². The molecule has 0 saturated carbocycles. The van der Waals surface area contributed by atoms with E-state index in [9.17, 15) is 0 Å². The van der Waals surface area contributed by atoms with Crippen LogP contribution in [0, 0.1) is 0 Å². The first kappa shape index (κ1) is 15.7. The van der Waals surface area contributed by atoms with Crippen LogP contribution < -0.4 is 15.0 Å². The number of aromatic nitrogens is 2. The summed E-state index contributed by atoms with van der Waals surface area (Å²) in [7, 11) is 3.70. The second-order valence-electron chi connectivity index (χ2n) is 4.55. The normalized spacial score (nSPS) is 10.8. The minimum absolute atomic E-state index is 0.115. The zero-order valence-corrected chi connectivity index (χ0v) is 12.2. The highest BCUT2D eigenvalue weighted by molar-refractivity contribution is 5.39. The molecular formula is C13H24N4O2. The van der Waals surface area contributed by atoms with Crippen molar-refractivity contribution < 1.29 is 9.47 Å². The Bertz CT molecular complexity index is 360. The number of hydrogen-bond acceptors (Lipinski definition) is 6. The zero-order valence-electron chi connectivity index (χ0n) is 12.2. The fraction of sp³-hybridized carbons (Fsp3) is 0.692. The highest BCUT2D eigenvalue weighted by atomic mass is 16.5. The van der Waals surface area contributed by atoms with Gasteiger partial charge in [0.15, 0.2) is 0 Å². The molecule has 1 aromatic rings. The van der Waals surface area contributed by atoms with Crippen molar-refractivity contribution in [3.8, 4) is 5.88 Å². The van der Waals surface area contributed by atoms with Gasteiger partial charge in [0.1, 0.15) is 12.1 Å². The molecule has 108 valence electrons. The number of nitrogens with zero attached hydrogens (tertiary/aromatic N) is 3. The third-order valence-electron chi connectivity index (χ3n) is 2.48. The Balaban J connectivity index is 2.40. The molecule has 6 nitrogen and oxygen atoms in total. The van der Waals surface area contributed by atoms with Crippen LogP contribution in [0.2, 0.25) is 0 Å². The van der Waals surface area contributed by atoms with E-state index in [-0.39, 0.29) is 6.10 Å². The van der Waals surface area contributed by atoms with Crippen LogP contribution in [0.5, 0.6) is 5.88 Å². The summed E-state index contributed by atoms with van der Waals surface area (Å²) in [6.45, 7) is 7.28. The van der Waals surface area contributed by atoms with E-state index in [0.717, 1.165) is 32.1 Å². The maximum Gasteiger partial charge on any atom is 0.218 e. The molecule has 1 rings (SSSR count). The molecule has 0 fully saturated rings. The first-order valence-corrected chi connectivity index (χ1v) is 6.53. The number of ether oxygens (including phenoxy) is 2. The van der Waals surface area contributed by atoms with Gasteiger partial charge >= 0.3 is 0 Å². The Morgan fingerprint density at radius 1 is 1.32 bits per heavy atom. The minimum atomic E-state index is 0.115. The Morgan fingerprint density at radius 2 is 2.11 bits per heavy atom. The molecule has 0 bridgehead atoms. The molecule has 19 heavy (non-hydrogen) atoms. The van der Waals surface area contributed by atoms with Gasteiger partial charge in [-0.15, -0.1) is 0 Å². The van der Waals surface area contributed by atoms with Crippen molar-refractivity contribution in [2.24, 2.45) is 0 Å². The third kappa shape index (κ3) is 6.35. The average molecular weight is 268 g/mol. The van der Waals surface area contributed by atoms with E-state index in [1.54, 1.807) is 7.11 Å². The maximum atomic E-state index is 5.55. The van der Waals surface area contributed by atoms with E-state index >= 15 is 0 Å². The molecule has 0 aliphatic rings. The van der Waals surface area contributed by atoms with Crippen LogP contribution in [0.1, 0.15) is 13.8 Å². The van der Waals surface area contributed by atoms with E-state index in [2.05, 4.69) is 20.2 Å². The van der Waals surface area contributed by atoms with Crippen LogP contribution in [0.15, 0.2) is 12.4 Å². The number of hydrogen-bond donors (Lipinski definition) is 1. The molecular weight excluding hydrogens is 244 g/mol. The fourth-order valence-electron chi connectivity index (χ4n) is 1.51. The largest absolute Gasteiger partial charge is 0.475 e. The summed E-state index contributed by atoms with van der Waals surface area (Å²) < 4.78 is 10.5. The molecule has 6 heteroatoms. The molecule has 0 aliphatic heterocycles. The summed E-state index contributed by atoms with van der Waals surface area (Å²) in [4.78, 5) is 10.4. The molecule has 0 saturated heterocycles.